The molecule has 0 spiro atoms. The Hall–Kier alpha value is -6.84. The molecule has 3 heteroatoms. The van der Waals surface area contributed by atoms with E-state index < -0.39 is 0 Å². The van der Waals surface area contributed by atoms with Gasteiger partial charge in [-0.3, -0.25) is 0 Å². The van der Waals surface area contributed by atoms with Crippen molar-refractivity contribution in [1.29, 1.82) is 0 Å². The first-order valence-electron chi connectivity index (χ1n) is 20.8. The van der Waals surface area contributed by atoms with Crippen LogP contribution in [0.2, 0.25) is 0 Å². The number of fused-ring (bicyclic) bond motifs is 4. The molecule has 0 bridgehead atoms. The highest BCUT2D eigenvalue weighted by Crippen LogP contribution is 2.48. The van der Waals surface area contributed by atoms with Crippen molar-refractivity contribution in [2.24, 2.45) is 0 Å². The molecule has 8 aromatic carbocycles. The normalized spacial score (nSPS) is 14.2. The van der Waals surface area contributed by atoms with Gasteiger partial charge in [0, 0.05) is 51.0 Å². The molecule has 0 N–H and O–H groups in total. The van der Waals surface area contributed by atoms with E-state index in [1.807, 2.05) is 12.1 Å². The molecule has 1 aromatic heterocycles. The van der Waals surface area contributed by atoms with E-state index in [0.717, 1.165) is 50.4 Å². The fraction of sp³-hybridized carbons (Fsp3) is 0.143. The van der Waals surface area contributed by atoms with Crippen LogP contribution in [0.1, 0.15) is 51.7 Å². The van der Waals surface area contributed by atoms with Crippen LogP contribution in [0.15, 0.2) is 199 Å². The molecule has 10 rings (SSSR count). The van der Waals surface area contributed by atoms with E-state index >= 15 is 0 Å². The molecular formula is C56H48N2O. The number of anilines is 6. The van der Waals surface area contributed by atoms with Crippen molar-refractivity contribution in [3.8, 4) is 22.3 Å². The third-order valence-electron chi connectivity index (χ3n) is 12.5. The van der Waals surface area contributed by atoms with Crippen LogP contribution >= 0.6 is 0 Å². The van der Waals surface area contributed by atoms with Crippen molar-refractivity contribution in [3.05, 3.63) is 205 Å². The molecule has 0 saturated carbocycles. The van der Waals surface area contributed by atoms with E-state index in [9.17, 15) is 0 Å². The van der Waals surface area contributed by atoms with E-state index in [1.165, 1.54) is 51.9 Å². The molecule has 0 unspecified atom stereocenters. The number of benzene rings is 8. The molecule has 9 aromatic rings. The van der Waals surface area contributed by atoms with Gasteiger partial charge in [0.2, 0.25) is 0 Å². The van der Waals surface area contributed by atoms with Gasteiger partial charge in [0.1, 0.15) is 11.2 Å². The van der Waals surface area contributed by atoms with Crippen LogP contribution in [-0.4, -0.2) is 0 Å². The monoisotopic (exact) mass is 764 g/mol. The highest BCUT2D eigenvalue weighted by Gasteiger charge is 2.37. The number of furan rings is 1. The predicted octanol–water partition coefficient (Wildman–Crippen LogP) is 16.2. The van der Waals surface area contributed by atoms with E-state index in [4.69, 9.17) is 4.42 Å². The van der Waals surface area contributed by atoms with Gasteiger partial charge in [-0.05, 0) is 136 Å². The van der Waals surface area contributed by atoms with E-state index in [1.54, 1.807) is 0 Å². The molecule has 0 saturated heterocycles. The largest absolute Gasteiger partial charge is 0.456 e. The molecule has 3 nitrogen and oxygen atoms in total. The van der Waals surface area contributed by atoms with Gasteiger partial charge in [-0.25, -0.2) is 0 Å². The molecule has 0 aliphatic heterocycles. The number of hydrogen-bond donors (Lipinski definition) is 0. The Labute approximate surface area is 347 Å². The Morgan fingerprint density at radius 2 is 0.729 bits per heavy atom. The molecule has 0 radical (unpaired) electrons. The van der Waals surface area contributed by atoms with Gasteiger partial charge in [0.25, 0.3) is 0 Å². The lowest BCUT2D eigenvalue weighted by molar-refractivity contribution is 0.332. The lowest BCUT2D eigenvalue weighted by Gasteiger charge is -2.42. The first-order valence-corrected chi connectivity index (χ1v) is 20.8. The number of para-hydroxylation sites is 3. The number of hydrogen-bond acceptors (Lipinski definition) is 3. The second kappa shape index (κ2) is 14.5. The van der Waals surface area contributed by atoms with Crippen molar-refractivity contribution in [2.45, 2.75) is 51.4 Å². The summed E-state index contributed by atoms with van der Waals surface area (Å²) in [7, 11) is 0. The van der Waals surface area contributed by atoms with Crippen LogP contribution in [0.3, 0.4) is 0 Å². The molecule has 1 aliphatic rings. The molecule has 288 valence electrons. The topological polar surface area (TPSA) is 19.6 Å². The summed E-state index contributed by atoms with van der Waals surface area (Å²) >= 11 is 0. The average Bonchev–Trinajstić information content (AvgIpc) is 3.65. The average molecular weight is 765 g/mol. The Morgan fingerprint density at radius 1 is 0.339 bits per heavy atom. The Bertz CT molecular complexity index is 2910. The molecule has 1 aliphatic carbocycles. The van der Waals surface area contributed by atoms with Gasteiger partial charge in [0.15, 0.2) is 0 Å². The van der Waals surface area contributed by atoms with Gasteiger partial charge >= 0.3 is 0 Å². The lowest BCUT2D eigenvalue weighted by atomic mass is 9.63. The van der Waals surface area contributed by atoms with Gasteiger partial charge in [0.05, 0.1) is 0 Å². The fourth-order valence-corrected chi connectivity index (χ4v) is 9.08. The predicted molar refractivity (Wildman–Crippen MR) is 249 cm³/mol. The summed E-state index contributed by atoms with van der Waals surface area (Å²) in [4.78, 5) is 4.68. The van der Waals surface area contributed by atoms with E-state index in [2.05, 4.69) is 219 Å². The van der Waals surface area contributed by atoms with Crippen molar-refractivity contribution in [2.75, 3.05) is 9.80 Å². The summed E-state index contributed by atoms with van der Waals surface area (Å²) in [5, 5.41) is 2.26. The summed E-state index contributed by atoms with van der Waals surface area (Å²) in [5.41, 5.74) is 16.5. The SMILES string of the molecule is CC1(C)CCC(C)(C)c2cc(N(c3ccccc3)c3ccc(-c4ccc(-c5ccc(N(c6ccccc6)c6ccc7c(c6)oc6ccccc67)cc5)cc4)cc3)ccc21. The Kier molecular flexibility index (Phi) is 8.98. The van der Waals surface area contributed by atoms with E-state index in [-0.39, 0.29) is 10.8 Å². The maximum absolute atomic E-state index is 6.29. The second-order valence-electron chi connectivity index (χ2n) is 17.3. The maximum atomic E-state index is 6.29. The van der Waals surface area contributed by atoms with Crippen LogP contribution in [0.25, 0.3) is 44.2 Å². The highest BCUT2D eigenvalue weighted by atomic mass is 16.3. The number of rotatable bonds is 8. The number of nitrogens with zero attached hydrogens (tertiary/aromatic N) is 2. The van der Waals surface area contributed by atoms with Gasteiger partial charge in [-0.1, -0.05) is 137 Å². The summed E-state index contributed by atoms with van der Waals surface area (Å²) < 4.78 is 6.29. The molecule has 59 heavy (non-hydrogen) atoms. The minimum Gasteiger partial charge on any atom is -0.456 e. The molecule has 0 fully saturated rings. The van der Waals surface area contributed by atoms with Crippen LogP contribution in [0.4, 0.5) is 34.1 Å². The van der Waals surface area contributed by atoms with Gasteiger partial charge in [-0.15, -0.1) is 0 Å². The smallest absolute Gasteiger partial charge is 0.137 e. The highest BCUT2D eigenvalue weighted by molar-refractivity contribution is 6.06. The zero-order chi connectivity index (χ0) is 40.1. The van der Waals surface area contributed by atoms with Crippen LogP contribution in [-0.2, 0) is 10.8 Å². The van der Waals surface area contributed by atoms with Crippen LogP contribution < -0.4 is 9.80 Å². The summed E-state index contributed by atoms with van der Waals surface area (Å²) in [6.45, 7) is 9.59. The summed E-state index contributed by atoms with van der Waals surface area (Å²) in [5.74, 6) is 0. The summed E-state index contributed by atoms with van der Waals surface area (Å²) in [6, 6.07) is 70.0. The third kappa shape index (κ3) is 6.77. The minimum absolute atomic E-state index is 0.135. The van der Waals surface area contributed by atoms with Crippen molar-refractivity contribution in [1.82, 2.24) is 0 Å². The molecule has 0 amide bonds. The van der Waals surface area contributed by atoms with E-state index in [0.29, 0.717) is 0 Å². The van der Waals surface area contributed by atoms with Crippen LogP contribution in [0, 0.1) is 0 Å². The fourth-order valence-electron chi connectivity index (χ4n) is 9.08. The molecular weight excluding hydrogens is 717 g/mol. The molecule has 1 heterocycles. The Morgan fingerprint density at radius 3 is 1.27 bits per heavy atom. The minimum atomic E-state index is 0.135. The summed E-state index contributed by atoms with van der Waals surface area (Å²) in [6.07, 6.45) is 2.40. The zero-order valence-electron chi connectivity index (χ0n) is 34.2. The van der Waals surface area contributed by atoms with Gasteiger partial charge in [-0.2, -0.15) is 0 Å². The first kappa shape index (κ1) is 36.5. The standard InChI is InChI=1S/C56H48N2O/c1-55(2)35-36-56(3,4)52-37-47(32-34-51(52)55)57(43-13-7-5-8-14-43)45-27-23-41(24-28-45)39-19-21-40(22-20-39)42-25-29-46(30-26-42)58(44-15-9-6-10-16-44)48-31-33-50-49-17-11-12-18-53(49)59-54(50)38-48/h5-34,37-38H,35-36H2,1-4H3. The second-order valence-corrected chi connectivity index (χ2v) is 17.3. The Balaban J connectivity index is 0.921. The lowest BCUT2D eigenvalue weighted by Crippen LogP contribution is -2.34. The van der Waals surface area contributed by atoms with Crippen molar-refractivity contribution in [3.63, 3.8) is 0 Å². The van der Waals surface area contributed by atoms with Crippen molar-refractivity contribution >= 4 is 56.1 Å². The van der Waals surface area contributed by atoms with Crippen LogP contribution in [0.5, 0.6) is 0 Å². The quantitative estimate of drug-likeness (QED) is 0.154. The molecule has 0 atom stereocenters. The first-order chi connectivity index (χ1) is 28.7. The van der Waals surface area contributed by atoms with Gasteiger partial charge < -0.3 is 14.2 Å². The third-order valence-corrected chi connectivity index (χ3v) is 12.5. The zero-order valence-corrected chi connectivity index (χ0v) is 34.2. The maximum Gasteiger partial charge on any atom is 0.137 e. The van der Waals surface area contributed by atoms with Crippen molar-refractivity contribution < 1.29 is 4.42 Å².